The number of nitrogens with zero attached hydrogens (tertiary/aromatic N) is 1. The molecule has 1 atom stereocenters. The van der Waals surface area contributed by atoms with Crippen molar-refractivity contribution in [2.24, 2.45) is 0 Å². The largest absolute Gasteiger partial charge is 0.457 e. The van der Waals surface area contributed by atoms with E-state index in [0.717, 1.165) is 0 Å². The second kappa shape index (κ2) is 10.3. The number of hydrogen-bond acceptors (Lipinski definition) is 4. The Morgan fingerprint density at radius 3 is 2.34 bits per heavy atom. The number of aliphatic hydroxyl groups excluding tert-OH is 1. The fraction of sp³-hybridized carbons (Fsp3) is 0.240. The van der Waals surface area contributed by atoms with Crippen LogP contribution in [0.2, 0.25) is 0 Å². The van der Waals surface area contributed by atoms with Gasteiger partial charge in [-0.15, -0.1) is 0 Å². The number of ether oxygens (including phenoxy) is 1. The number of hydrogen-bond donors (Lipinski definition) is 1. The van der Waals surface area contributed by atoms with Crippen molar-refractivity contribution in [2.45, 2.75) is 32.2 Å². The van der Waals surface area contributed by atoms with Gasteiger partial charge in [0.05, 0.1) is 6.54 Å². The number of halogens is 3. The summed E-state index contributed by atoms with van der Waals surface area (Å²) in [4.78, 5) is 13.5. The third-order valence-corrected chi connectivity index (χ3v) is 4.88. The number of rotatable bonds is 9. The highest BCUT2D eigenvalue weighted by molar-refractivity contribution is 5.95. The molecule has 32 heavy (non-hydrogen) atoms. The van der Waals surface area contributed by atoms with Crippen LogP contribution < -0.4 is 9.64 Å². The van der Waals surface area contributed by atoms with Crippen LogP contribution in [-0.2, 0) is 6.54 Å². The number of aliphatic hydroxyl groups is 1. The first-order chi connectivity index (χ1) is 15.3. The van der Waals surface area contributed by atoms with Gasteiger partial charge in [0.2, 0.25) is 0 Å². The van der Waals surface area contributed by atoms with Crippen LogP contribution in [0.4, 0.5) is 18.9 Å². The van der Waals surface area contributed by atoms with Crippen LogP contribution >= 0.6 is 0 Å². The van der Waals surface area contributed by atoms with Gasteiger partial charge in [0, 0.05) is 30.3 Å². The maximum atomic E-state index is 13.1. The van der Waals surface area contributed by atoms with Gasteiger partial charge in [0.15, 0.2) is 11.9 Å². The van der Waals surface area contributed by atoms with Crippen LogP contribution in [0.1, 0.15) is 29.3 Å². The Morgan fingerprint density at radius 1 is 0.969 bits per heavy atom. The van der Waals surface area contributed by atoms with Crippen molar-refractivity contribution in [2.75, 3.05) is 11.4 Å². The zero-order chi connectivity index (χ0) is 23.1. The monoisotopic (exact) mass is 443 g/mol. The van der Waals surface area contributed by atoms with Crippen molar-refractivity contribution >= 4 is 11.5 Å². The molecule has 0 heterocycles. The van der Waals surface area contributed by atoms with E-state index in [1.54, 1.807) is 67.6 Å². The summed E-state index contributed by atoms with van der Waals surface area (Å²) < 4.78 is 45.1. The number of para-hydroxylation sites is 1. The second-order valence-corrected chi connectivity index (χ2v) is 7.33. The van der Waals surface area contributed by atoms with Crippen molar-refractivity contribution in [3.63, 3.8) is 0 Å². The van der Waals surface area contributed by atoms with Crippen LogP contribution in [0.15, 0.2) is 78.9 Å². The SMILES string of the molecule is CCC(=O)c1cccc(CN(CC(O)C(F)(F)F)c2cccc(Oc3ccccc3)c2)c1. The number of carbonyl (C=O) groups is 1. The average molecular weight is 443 g/mol. The van der Waals surface area contributed by atoms with E-state index in [2.05, 4.69) is 0 Å². The van der Waals surface area contributed by atoms with Crippen LogP contribution in [0.25, 0.3) is 0 Å². The highest BCUT2D eigenvalue weighted by atomic mass is 19.4. The Hall–Kier alpha value is -3.32. The maximum Gasteiger partial charge on any atom is 0.416 e. The summed E-state index contributed by atoms with van der Waals surface area (Å²) in [7, 11) is 0. The van der Waals surface area contributed by atoms with Gasteiger partial charge in [0.1, 0.15) is 11.5 Å². The molecule has 3 aromatic rings. The zero-order valence-electron chi connectivity index (χ0n) is 17.5. The first-order valence-electron chi connectivity index (χ1n) is 10.2. The Kier molecular flexibility index (Phi) is 7.53. The van der Waals surface area contributed by atoms with Crippen LogP contribution in [0.3, 0.4) is 0 Å². The van der Waals surface area contributed by atoms with Gasteiger partial charge in [-0.05, 0) is 35.9 Å². The highest BCUT2D eigenvalue weighted by Crippen LogP contribution is 2.29. The van der Waals surface area contributed by atoms with E-state index in [1.807, 2.05) is 18.2 Å². The standard InChI is InChI=1S/C25H24F3NO3/c1-2-23(30)19-9-6-8-18(14-19)16-29(17-24(31)25(26,27)28)20-10-7-13-22(15-20)32-21-11-4-3-5-12-21/h3-15,24,31H,2,16-17H2,1H3. The number of ketones is 1. The van der Waals surface area contributed by atoms with E-state index < -0.39 is 18.8 Å². The van der Waals surface area contributed by atoms with Crippen LogP contribution in [0.5, 0.6) is 11.5 Å². The lowest BCUT2D eigenvalue weighted by molar-refractivity contribution is -0.200. The third kappa shape index (κ3) is 6.34. The summed E-state index contributed by atoms with van der Waals surface area (Å²) >= 11 is 0. The highest BCUT2D eigenvalue weighted by Gasteiger charge is 2.39. The summed E-state index contributed by atoms with van der Waals surface area (Å²) in [6, 6.07) is 22.5. The van der Waals surface area contributed by atoms with Crippen molar-refractivity contribution < 1.29 is 27.8 Å². The molecule has 0 saturated heterocycles. The zero-order valence-corrected chi connectivity index (χ0v) is 17.5. The van der Waals surface area contributed by atoms with E-state index in [4.69, 9.17) is 4.74 Å². The van der Waals surface area contributed by atoms with Crippen molar-refractivity contribution in [1.82, 2.24) is 0 Å². The summed E-state index contributed by atoms with van der Waals surface area (Å²) in [5.41, 5.74) is 1.62. The Morgan fingerprint density at radius 2 is 1.66 bits per heavy atom. The van der Waals surface area contributed by atoms with Gasteiger partial charge in [0.25, 0.3) is 0 Å². The minimum absolute atomic E-state index is 0.0491. The quantitative estimate of drug-likeness (QED) is 0.412. The third-order valence-electron chi connectivity index (χ3n) is 4.88. The van der Waals surface area contributed by atoms with E-state index in [-0.39, 0.29) is 12.3 Å². The number of benzene rings is 3. The molecule has 4 nitrogen and oxygen atoms in total. The fourth-order valence-electron chi connectivity index (χ4n) is 3.21. The summed E-state index contributed by atoms with van der Waals surface area (Å²) in [6.07, 6.45) is -6.95. The van der Waals surface area contributed by atoms with Gasteiger partial charge in [-0.3, -0.25) is 4.79 Å². The molecule has 1 unspecified atom stereocenters. The lowest BCUT2D eigenvalue weighted by Gasteiger charge is -2.29. The number of carbonyl (C=O) groups excluding carboxylic acids is 1. The predicted octanol–water partition coefficient (Wildman–Crippen LogP) is 6.00. The normalized spacial score (nSPS) is 12.3. The topological polar surface area (TPSA) is 49.8 Å². The average Bonchev–Trinajstić information content (AvgIpc) is 2.78. The molecule has 0 radical (unpaired) electrons. The van der Waals surface area contributed by atoms with Gasteiger partial charge < -0.3 is 14.7 Å². The maximum absolute atomic E-state index is 13.1. The van der Waals surface area contributed by atoms with E-state index in [9.17, 15) is 23.1 Å². The van der Waals surface area contributed by atoms with Crippen molar-refractivity contribution in [3.05, 3.63) is 90.0 Å². The first kappa shape index (κ1) is 23.3. The van der Waals surface area contributed by atoms with E-state index >= 15 is 0 Å². The predicted molar refractivity (Wildman–Crippen MR) is 117 cm³/mol. The molecule has 1 N–H and O–H groups in total. The molecule has 0 fully saturated rings. The van der Waals surface area contributed by atoms with Gasteiger partial charge in [-0.1, -0.05) is 49.4 Å². The van der Waals surface area contributed by atoms with Crippen molar-refractivity contribution in [3.8, 4) is 11.5 Å². The molecule has 0 aliphatic carbocycles. The Balaban J connectivity index is 1.89. The number of anilines is 1. The molecule has 0 aromatic heterocycles. The smallest absolute Gasteiger partial charge is 0.416 e. The Bertz CT molecular complexity index is 1040. The van der Waals surface area contributed by atoms with E-state index in [0.29, 0.717) is 34.7 Å². The Labute approximate surface area is 184 Å². The minimum Gasteiger partial charge on any atom is -0.457 e. The molecule has 7 heteroatoms. The number of Topliss-reactive ketones (excluding diaryl/α,β-unsaturated/α-hetero) is 1. The first-order valence-corrected chi connectivity index (χ1v) is 10.2. The van der Waals surface area contributed by atoms with Gasteiger partial charge in [-0.25, -0.2) is 0 Å². The summed E-state index contributed by atoms with van der Waals surface area (Å²) in [5.74, 6) is 0.999. The summed E-state index contributed by atoms with van der Waals surface area (Å²) in [6.45, 7) is 1.16. The minimum atomic E-state index is -4.75. The fourth-order valence-corrected chi connectivity index (χ4v) is 3.21. The second-order valence-electron chi connectivity index (χ2n) is 7.33. The lowest BCUT2D eigenvalue weighted by Crippen LogP contribution is -2.40. The van der Waals surface area contributed by atoms with Crippen LogP contribution in [0, 0.1) is 0 Å². The van der Waals surface area contributed by atoms with Gasteiger partial charge >= 0.3 is 6.18 Å². The molecule has 3 aromatic carbocycles. The molecule has 0 saturated carbocycles. The molecule has 0 spiro atoms. The molecule has 0 bridgehead atoms. The molecular weight excluding hydrogens is 419 g/mol. The summed E-state index contributed by atoms with van der Waals surface area (Å²) in [5, 5.41) is 9.73. The van der Waals surface area contributed by atoms with Crippen LogP contribution in [-0.4, -0.2) is 29.7 Å². The molecular formula is C25H24F3NO3. The molecule has 0 aliphatic heterocycles. The molecule has 3 rings (SSSR count). The number of alkyl halides is 3. The molecule has 0 aliphatic rings. The van der Waals surface area contributed by atoms with Gasteiger partial charge in [-0.2, -0.15) is 13.2 Å². The molecule has 168 valence electrons. The van der Waals surface area contributed by atoms with E-state index in [1.165, 1.54) is 4.90 Å². The molecule has 0 amide bonds. The van der Waals surface area contributed by atoms with Crippen molar-refractivity contribution in [1.29, 1.82) is 0 Å². The lowest BCUT2D eigenvalue weighted by atomic mass is 10.0.